The molecule has 0 radical (unpaired) electrons. The van der Waals surface area contributed by atoms with Crippen molar-refractivity contribution in [1.82, 2.24) is 30.3 Å². The Balaban J connectivity index is 1.40. The van der Waals surface area contributed by atoms with Gasteiger partial charge in [0.1, 0.15) is 12.2 Å². The van der Waals surface area contributed by atoms with Crippen molar-refractivity contribution in [3.8, 4) is 0 Å². The molecule has 2 unspecified atom stereocenters. The smallest absolute Gasteiger partial charge is 0.320 e. The normalized spacial score (nSPS) is 26.2. The van der Waals surface area contributed by atoms with Crippen LogP contribution < -0.4 is 5.32 Å². The largest absolute Gasteiger partial charge is 0.325 e. The van der Waals surface area contributed by atoms with E-state index in [1.165, 1.54) is 32.1 Å². The minimum Gasteiger partial charge on any atom is -0.325 e. The molecule has 7 nitrogen and oxygen atoms in total. The second kappa shape index (κ2) is 8.37. The molecule has 3 heterocycles. The molecule has 2 amide bonds. The fourth-order valence-electron chi connectivity index (χ4n) is 4.92. The molecule has 2 aliphatic heterocycles. The van der Waals surface area contributed by atoms with Crippen molar-refractivity contribution in [3.63, 3.8) is 0 Å². The molecule has 7 heteroatoms. The quantitative estimate of drug-likeness (QED) is 0.865. The van der Waals surface area contributed by atoms with Crippen molar-refractivity contribution >= 4 is 6.03 Å². The summed E-state index contributed by atoms with van der Waals surface area (Å²) in [4.78, 5) is 21.3. The third-order valence-corrected chi connectivity index (χ3v) is 6.33. The molecule has 0 bridgehead atoms. The van der Waals surface area contributed by atoms with E-state index in [2.05, 4.69) is 25.4 Å². The molecule has 3 fully saturated rings. The summed E-state index contributed by atoms with van der Waals surface area (Å²) in [5.74, 6) is 1.57. The van der Waals surface area contributed by atoms with Crippen LogP contribution in [0.15, 0.2) is 6.33 Å². The lowest BCUT2D eigenvalue weighted by molar-refractivity contribution is 0.134. The van der Waals surface area contributed by atoms with Crippen molar-refractivity contribution in [2.45, 2.75) is 69.9 Å². The van der Waals surface area contributed by atoms with Crippen LogP contribution >= 0.6 is 0 Å². The number of urea groups is 1. The third kappa shape index (κ3) is 4.03. The molecule has 2 atom stereocenters. The molecule has 0 spiro atoms. The molecule has 144 valence electrons. The number of H-pyrrole nitrogens is 1. The summed E-state index contributed by atoms with van der Waals surface area (Å²) in [6.07, 6.45) is 12.6. The van der Waals surface area contributed by atoms with Gasteiger partial charge >= 0.3 is 6.03 Å². The molecule has 1 aliphatic carbocycles. The molecule has 4 rings (SSSR count). The first-order valence-corrected chi connectivity index (χ1v) is 10.5. The Labute approximate surface area is 155 Å². The molecule has 0 aromatic carbocycles. The Kier molecular flexibility index (Phi) is 5.72. The van der Waals surface area contributed by atoms with Gasteiger partial charge in [0.2, 0.25) is 0 Å². The van der Waals surface area contributed by atoms with Crippen molar-refractivity contribution < 1.29 is 4.79 Å². The zero-order valence-electron chi connectivity index (χ0n) is 15.7. The summed E-state index contributed by atoms with van der Waals surface area (Å²) < 4.78 is 0. The van der Waals surface area contributed by atoms with Crippen LogP contribution in [0.1, 0.15) is 69.7 Å². The van der Waals surface area contributed by atoms with Crippen molar-refractivity contribution in [3.05, 3.63) is 12.2 Å². The number of aromatic amines is 1. The van der Waals surface area contributed by atoms with Gasteiger partial charge in [0, 0.05) is 32.2 Å². The van der Waals surface area contributed by atoms with Gasteiger partial charge in [-0.25, -0.2) is 9.78 Å². The maximum Gasteiger partial charge on any atom is 0.320 e. The minimum atomic E-state index is 0.227. The van der Waals surface area contributed by atoms with Crippen LogP contribution in [0.3, 0.4) is 0 Å². The lowest BCUT2D eigenvalue weighted by Crippen LogP contribution is -2.53. The predicted molar refractivity (Wildman–Crippen MR) is 99.6 cm³/mol. The maximum absolute atomic E-state index is 12.8. The number of hydrogen-bond donors (Lipinski definition) is 2. The first-order valence-electron chi connectivity index (χ1n) is 10.5. The fourth-order valence-corrected chi connectivity index (χ4v) is 4.92. The molecule has 2 saturated heterocycles. The number of carbonyl (C=O) groups is 1. The Morgan fingerprint density at radius 3 is 2.54 bits per heavy atom. The highest BCUT2D eigenvalue weighted by atomic mass is 16.2. The van der Waals surface area contributed by atoms with Gasteiger partial charge in [-0.3, -0.25) is 5.10 Å². The lowest BCUT2D eigenvalue weighted by Gasteiger charge is -2.39. The summed E-state index contributed by atoms with van der Waals surface area (Å²) >= 11 is 0. The van der Waals surface area contributed by atoms with Crippen LogP contribution in [0.2, 0.25) is 0 Å². The molecule has 26 heavy (non-hydrogen) atoms. The van der Waals surface area contributed by atoms with E-state index in [1.54, 1.807) is 6.33 Å². The van der Waals surface area contributed by atoms with Gasteiger partial charge in [-0.05, 0) is 44.4 Å². The molecular formula is C19H32N6O. The first kappa shape index (κ1) is 17.8. The highest BCUT2D eigenvalue weighted by Gasteiger charge is 2.33. The van der Waals surface area contributed by atoms with Crippen molar-refractivity contribution in [2.75, 3.05) is 26.2 Å². The SMILES string of the molecule is O=C(N1CCCC1)N1CCCC(NC(c2ncn[nH]2)C2CCCCC2)C1. The number of amides is 2. The van der Waals surface area contributed by atoms with Gasteiger partial charge in [0.15, 0.2) is 0 Å². The minimum absolute atomic E-state index is 0.227. The third-order valence-electron chi connectivity index (χ3n) is 6.33. The second-order valence-corrected chi connectivity index (χ2v) is 8.18. The second-order valence-electron chi connectivity index (χ2n) is 8.18. The van der Waals surface area contributed by atoms with E-state index in [0.29, 0.717) is 12.0 Å². The van der Waals surface area contributed by atoms with Crippen LogP contribution in [0.5, 0.6) is 0 Å². The number of nitrogens with zero attached hydrogens (tertiary/aromatic N) is 4. The highest BCUT2D eigenvalue weighted by molar-refractivity contribution is 5.74. The zero-order chi connectivity index (χ0) is 17.8. The molecule has 1 aromatic rings. The van der Waals surface area contributed by atoms with Gasteiger partial charge in [-0.15, -0.1) is 0 Å². The van der Waals surface area contributed by atoms with Gasteiger partial charge in [-0.2, -0.15) is 5.10 Å². The van der Waals surface area contributed by atoms with E-state index in [4.69, 9.17) is 0 Å². The molecule has 1 aromatic heterocycles. The van der Waals surface area contributed by atoms with Crippen LogP contribution in [0.25, 0.3) is 0 Å². The van der Waals surface area contributed by atoms with Crippen LogP contribution in [0, 0.1) is 5.92 Å². The van der Waals surface area contributed by atoms with E-state index >= 15 is 0 Å². The Hall–Kier alpha value is -1.63. The number of carbonyl (C=O) groups excluding carboxylic acids is 1. The van der Waals surface area contributed by atoms with Gasteiger partial charge < -0.3 is 15.1 Å². The topological polar surface area (TPSA) is 77.2 Å². The predicted octanol–water partition coefficient (Wildman–Crippen LogP) is 2.70. The summed E-state index contributed by atoms with van der Waals surface area (Å²) in [6, 6.07) is 0.805. The van der Waals surface area contributed by atoms with E-state index in [9.17, 15) is 4.79 Å². The van der Waals surface area contributed by atoms with Crippen LogP contribution in [0.4, 0.5) is 4.79 Å². The summed E-state index contributed by atoms with van der Waals surface area (Å²) in [6.45, 7) is 3.56. The fraction of sp³-hybridized carbons (Fsp3) is 0.842. The average molecular weight is 361 g/mol. The molecular weight excluding hydrogens is 328 g/mol. The van der Waals surface area contributed by atoms with Gasteiger partial charge in [-0.1, -0.05) is 19.3 Å². The number of likely N-dealkylation sites (tertiary alicyclic amines) is 2. The van der Waals surface area contributed by atoms with Crippen molar-refractivity contribution in [1.29, 1.82) is 0 Å². The average Bonchev–Trinajstić information content (AvgIpc) is 3.40. The summed E-state index contributed by atoms with van der Waals surface area (Å²) in [5, 5.41) is 11.0. The van der Waals surface area contributed by atoms with Gasteiger partial charge in [0.05, 0.1) is 6.04 Å². The number of rotatable bonds is 4. The zero-order valence-corrected chi connectivity index (χ0v) is 15.7. The van der Waals surface area contributed by atoms with Gasteiger partial charge in [0.25, 0.3) is 0 Å². The summed E-state index contributed by atoms with van der Waals surface area (Å²) in [5.41, 5.74) is 0. The van der Waals surface area contributed by atoms with Crippen molar-refractivity contribution in [2.24, 2.45) is 5.92 Å². The first-order chi connectivity index (χ1) is 12.8. The standard InChI is InChI=1S/C19H32N6O/c26-19(24-10-4-5-11-24)25-12-6-9-16(13-25)22-17(18-20-14-21-23-18)15-7-2-1-3-8-15/h14-17,22H,1-13H2,(H,20,21,23). The number of aromatic nitrogens is 3. The highest BCUT2D eigenvalue weighted by Crippen LogP contribution is 2.34. The van der Waals surface area contributed by atoms with Crippen LogP contribution in [-0.2, 0) is 0 Å². The number of piperidine rings is 1. The van der Waals surface area contributed by atoms with E-state index < -0.39 is 0 Å². The van der Waals surface area contributed by atoms with E-state index in [1.807, 2.05) is 4.90 Å². The maximum atomic E-state index is 12.8. The molecule has 1 saturated carbocycles. The Bertz CT molecular complexity index is 565. The lowest BCUT2D eigenvalue weighted by atomic mass is 9.83. The van der Waals surface area contributed by atoms with Crippen LogP contribution in [-0.4, -0.2) is 63.2 Å². The number of nitrogens with one attached hydrogen (secondary N) is 2. The van der Waals surface area contributed by atoms with E-state index in [-0.39, 0.29) is 12.1 Å². The molecule has 3 aliphatic rings. The number of hydrogen-bond acceptors (Lipinski definition) is 4. The molecule has 2 N–H and O–H groups in total. The monoisotopic (exact) mass is 360 g/mol. The summed E-state index contributed by atoms with van der Waals surface area (Å²) in [7, 11) is 0. The van der Waals surface area contributed by atoms with E-state index in [0.717, 1.165) is 57.7 Å². The Morgan fingerprint density at radius 1 is 1.04 bits per heavy atom. The Morgan fingerprint density at radius 2 is 1.81 bits per heavy atom.